The highest BCUT2D eigenvalue weighted by molar-refractivity contribution is 6.30. The Kier molecular flexibility index (Phi) is 4.79. The minimum Gasteiger partial charge on any atom is -0.273 e. The summed E-state index contributed by atoms with van der Waals surface area (Å²) in [6.45, 7) is 0.288. The number of aromatic nitrogens is 3. The van der Waals surface area contributed by atoms with Gasteiger partial charge >= 0.3 is 5.69 Å². The van der Waals surface area contributed by atoms with Gasteiger partial charge in [-0.3, -0.25) is 13.9 Å². The highest BCUT2D eigenvalue weighted by Crippen LogP contribution is 2.12. The lowest BCUT2D eigenvalue weighted by atomic mass is 10.2. The summed E-state index contributed by atoms with van der Waals surface area (Å²) in [5.41, 5.74) is 0.926. The maximum absolute atomic E-state index is 13.2. The maximum Gasteiger partial charge on any atom is 0.333 e. The van der Waals surface area contributed by atoms with E-state index >= 15 is 0 Å². The fourth-order valence-electron chi connectivity index (χ4n) is 3.07. The first-order chi connectivity index (χ1) is 13.5. The average molecular weight is 396 g/mol. The molecule has 2 aromatic heterocycles. The minimum absolute atomic E-state index is 0.0450. The fourth-order valence-corrected chi connectivity index (χ4v) is 3.20. The Bertz CT molecular complexity index is 1260. The van der Waals surface area contributed by atoms with Crippen LogP contribution >= 0.6 is 11.6 Å². The van der Waals surface area contributed by atoms with Crippen molar-refractivity contribution in [1.29, 1.82) is 0 Å². The van der Waals surface area contributed by atoms with E-state index in [1.807, 2.05) is 12.1 Å². The average Bonchev–Trinajstić information content (AvgIpc) is 2.71. The molecule has 4 aromatic rings. The Morgan fingerprint density at radius 1 is 0.857 bits per heavy atom. The van der Waals surface area contributed by atoms with E-state index in [-0.39, 0.29) is 18.9 Å². The number of fused-ring (bicyclic) bond motifs is 1. The van der Waals surface area contributed by atoms with Crippen molar-refractivity contribution in [2.45, 2.75) is 13.1 Å². The first kappa shape index (κ1) is 18.1. The third-order valence-electron chi connectivity index (χ3n) is 4.49. The first-order valence-electron chi connectivity index (χ1n) is 8.60. The Hall–Kier alpha value is -3.25. The Labute approximate surface area is 164 Å². The first-order valence-corrected chi connectivity index (χ1v) is 8.98. The van der Waals surface area contributed by atoms with E-state index < -0.39 is 11.2 Å². The summed E-state index contributed by atoms with van der Waals surface area (Å²) >= 11 is 5.94. The van der Waals surface area contributed by atoms with Gasteiger partial charge in [0.15, 0.2) is 0 Å². The van der Waals surface area contributed by atoms with Crippen LogP contribution in [0, 0.1) is 5.82 Å². The van der Waals surface area contributed by atoms with Gasteiger partial charge < -0.3 is 0 Å². The van der Waals surface area contributed by atoms with Gasteiger partial charge in [0, 0.05) is 11.2 Å². The quantitative estimate of drug-likeness (QED) is 0.532. The van der Waals surface area contributed by atoms with Gasteiger partial charge in [-0.15, -0.1) is 0 Å². The lowest BCUT2D eigenvalue weighted by Gasteiger charge is -2.13. The SMILES string of the molecule is O=c1c2cccnc2n(Cc2ccc(Cl)cc2)c(=O)n1Cc1ccc(F)cc1. The molecule has 0 unspecified atom stereocenters. The standard InChI is InChI=1S/C21H15ClFN3O2/c22-16-7-3-14(4-8-16)12-25-19-18(2-1-11-24-19)20(27)26(21(25)28)13-15-5-9-17(23)10-6-15/h1-11H,12-13H2. The van der Waals surface area contributed by atoms with Crippen LogP contribution in [0.15, 0.2) is 76.4 Å². The van der Waals surface area contributed by atoms with Crippen LogP contribution in [0.3, 0.4) is 0 Å². The van der Waals surface area contributed by atoms with Crippen molar-refractivity contribution in [2.75, 3.05) is 0 Å². The Morgan fingerprint density at radius 3 is 2.14 bits per heavy atom. The molecule has 0 aliphatic carbocycles. The molecule has 0 aliphatic heterocycles. The van der Waals surface area contributed by atoms with Crippen molar-refractivity contribution in [1.82, 2.24) is 14.1 Å². The van der Waals surface area contributed by atoms with Crippen molar-refractivity contribution < 1.29 is 4.39 Å². The molecule has 0 saturated carbocycles. The normalized spacial score (nSPS) is 11.1. The van der Waals surface area contributed by atoms with Crippen molar-refractivity contribution in [3.8, 4) is 0 Å². The van der Waals surface area contributed by atoms with Crippen LogP contribution in [0.4, 0.5) is 4.39 Å². The lowest BCUT2D eigenvalue weighted by Crippen LogP contribution is -2.40. The summed E-state index contributed by atoms with van der Waals surface area (Å²) in [6, 6.07) is 16.1. The molecule has 0 bridgehead atoms. The third kappa shape index (κ3) is 3.46. The molecule has 0 atom stereocenters. The molecule has 0 radical (unpaired) electrons. The molecule has 5 nitrogen and oxygen atoms in total. The van der Waals surface area contributed by atoms with Gasteiger partial charge in [-0.25, -0.2) is 14.2 Å². The molecule has 0 saturated heterocycles. The maximum atomic E-state index is 13.2. The minimum atomic E-state index is -0.476. The number of pyridine rings is 1. The second kappa shape index (κ2) is 7.40. The van der Waals surface area contributed by atoms with Crippen LogP contribution in [0.25, 0.3) is 11.0 Å². The van der Waals surface area contributed by atoms with E-state index in [1.165, 1.54) is 16.7 Å². The lowest BCUT2D eigenvalue weighted by molar-refractivity contribution is 0.618. The molecule has 7 heteroatoms. The summed E-state index contributed by atoms with van der Waals surface area (Å²) in [5, 5.41) is 0.943. The molecular formula is C21H15ClFN3O2. The van der Waals surface area contributed by atoms with E-state index in [4.69, 9.17) is 11.6 Å². The molecule has 140 valence electrons. The molecule has 0 amide bonds. The van der Waals surface area contributed by atoms with Crippen molar-refractivity contribution in [2.24, 2.45) is 0 Å². The van der Waals surface area contributed by atoms with Gasteiger partial charge in [0.2, 0.25) is 0 Å². The monoisotopic (exact) mass is 395 g/mol. The highest BCUT2D eigenvalue weighted by Gasteiger charge is 2.14. The van der Waals surface area contributed by atoms with Crippen LogP contribution in [0.1, 0.15) is 11.1 Å². The summed E-state index contributed by atoms with van der Waals surface area (Å²) < 4.78 is 15.8. The fraction of sp³-hybridized carbons (Fsp3) is 0.0952. The van der Waals surface area contributed by atoms with Crippen molar-refractivity contribution in [3.63, 3.8) is 0 Å². The second-order valence-electron chi connectivity index (χ2n) is 6.39. The molecule has 0 aliphatic rings. The highest BCUT2D eigenvalue weighted by atomic mass is 35.5. The zero-order valence-corrected chi connectivity index (χ0v) is 15.4. The molecule has 28 heavy (non-hydrogen) atoms. The van der Waals surface area contributed by atoms with Crippen LogP contribution in [0.5, 0.6) is 0 Å². The Morgan fingerprint density at radius 2 is 1.46 bits per heavy atom. The van der Waals surface area contributed by atoms with Crippen molar-refractivity contribution >= 4 is 22.6 Å². The van der Waals surface area contributed by atoms with Crippen LogP contribution in [0.2, 0.25) is 5.02 Å². The smallest absolute Gasteiger partial charge is 0.273 e. The molecular weight excluding hydrogens is 381 g/mol. The predicted molar refractivity (Wildman–Crippen MR) is 106 cm³/mol. The van der Waals surface area contributed by atoms with Crippen LogP contribution < -0.4 is 11.2 Å². The van der Waals surface area contributed by atoms with E-state index in [9.17, 15) is 14.0 Å². The van der Waals surface area contributed by atoms with Crippen LogP contribution in [-0.4, -0.2) is 14.1 Å². The molecule has 4 rings (SSSR count). The van der Waals surface area contributed by atoms with E-state index in [2.05, 4.69) is 4.98 Å². The van der Waals surface area contributed by atoms with E-state index in [0.29, 0.717) is 21.6 Å². The number of halogens is 2. The second-order valence-corrected chi connectivity index (χ2v) is 6.82. The summed E-state index contributed by atoms with van der Waals surface area (Å²) in [5.74, 6) is -0.376. The van der Waals surface area contributed by atoms with Crippen LogP contribution in [-0.2, 0) is 13.1 Å². The zero-order chi connectivity index (χ0) is 19.7. The van der Waals surface area contributed by atoms with E-state index in [0.717, 1.165) is 10.1 Å². The summed E-state index contributed by atoms with van der Waals surface area (Å²) in [4.78, 5) is 30.3. The molecule has 2 heterocycles. The molecule has 0 fully saturated rings. The molecule has 2 aromatic carbocycles. The number of nitrogens with zero attached hydrogens (tertiary/aromatic N) is 3. The summed E-state index contributed by atoms with van der Waals surface area (Å²) in [6.07, 6.45) is 1.55. The predicted octanol–water partition coefficient (Wildman–Crippen LogP) is 3.45. The molecule has 0 N–H and O–H groups in total. The van der Waals surface area contributed by atoms with E-state index in [1.54, 1.807) is 42.6 Å². The molecule has 0 spiro atoms. The third-order valence-corrected chi connectivity index (χ3v) is 4.74. The van der Waals surface area contributed by atoms with Gasteiger partial charge in [0.25, 0.3) is 5.56 Å². The topological polar surface area (TPSA) is 56.9 Å². The van der Waals surface area contributed by atoms with Crippen molar-refractivity contribution in [3.05, 3.63) is 110 Å². The zero-order valence-electron chi connectivity index (χ0n) is 14.7. The number of rotatable bonds is 4. The number of hydrogen-bond acceptors (Lipinski definition) is 3. The number of benzene rings is 2. The van der Waals surface area contributed by atoms with Gasteiger partial charge in [0.05, 0.1) is 18.5 Å². The van der Waals surface area contributed by atoms with Gasteiger partial charge in [0.1, 0.15) is 11.5 Å². The number of hydrogen-bond donors (Lipinski definition) is 0. The van der Waals surface area contributed by atoms with Gasteiger partial charge in [-0.1, -0.05) is 35.9 Å². The Balaban J connectivity index is 1.88. The summed E-state index contributed by atoms with van der Waals surface area (Å²) in [7, 11) is 0. The largest absolute Gasteiger partial charge is 0.333 e. The van der Waals surface area contributed by atoms with Gasteiger partial charge in [-0.2, -0.15) is 0 Å². The van der Waals surface area contributed by atoms with Gasteiger partial charge in [-0.05, 0) is 47.5 Å².